The lowest BCUT2D eigenvalue weighted by Gasteiger charge is -2.22. The van der Waals surface area contributed by atoms with Gasteiger partial charge in [-0.05, 0) is 50.6 Å². The molecule has 0 atom stereocenters. The molecule has 0 aliphatic heterocycles. The summed E-state index contributed by atoms with van der Waals surface area (Å²) < 4.78 is 0. The number of anilines is 1. The molecular weight excluding hydrogens is 451 g/mol. The molecule has 0 saturated carbocycles. The number of nitrogens with one attached hydrogen (secondary N) is 2. The van der Waals surface area contributed by atoms with Gasteiger partial charge in [0.1, 0.15) is 6.54 Å². The van der Waals surface area contributed by atoms with E-state index in [1.807, 2.05) is 13.8 Å². The molecule has 2 aromatic carbocycles. The number of benzene rings is 2. The maximum atomic E-state index is 12.5. The van der Waals surface area contributed by atoms with Crippen molar-refractivity contribution in [2.24, 2.45) is 0 Å². The number of carbonyl (C=O) groups is 3. The van der Waals surface area contributed by atoms with Crippen molar-refractivity contribution in [1.29, 1.82) is 0 Å². The van der Waals surface area contributed by atoms with Gasteiger partial charge in [0.2, 0.25) is 5.91 Å². The molecule has 4 amide bonds. The molecule has 0 radical (unpaired) electrons. The van der Waals surface area contributed by atoms with Crippen molar-refractivity contribution in [3.05, 3.63) is 63.6 Å². The minimum Gasteiger partial charge on any atom is -0.339 e. The predicted molar refractivity (Wildman–Crippen MR) is 128 cm³/mol. The molecule has 0 unspecified atom stereocenters. The number of nitrogens with zero attached hydrogens (tertiary/aromatic N) is 2. The van der Waals surface area contributed by atoms with E-state index in [9.17, 15) is 14.4 Å². The Balaban J connectivity index is 1.91. The topological polar surface area (TPSA) is 81.8 Å². The Morgan fingerprint density at radius 2 is 1.59 bits per heavy atom. The van der Waals surface area contributed by atoms with Crippen LogP contribution in [0, 0.1) is 0 Å². The van der Waals surface area contributed by atoms with E-state index in [2.05, 4.69) is 10.6 Å². The number of urea groups is 1. The van der Waals surface area contributed by atoms with Crippen LogP contribution in [0.1, 0.15) is 36.7 Å². The van der Waals surface area contributed by atoms with Gasteiger partial charge in [0.25, 0.3) is 5.91 Å². The van der Waals surface area contributed by atoms with E-state index in [0.717, 1.165) is 5.56 Å². The normalized spacial score (nSPS) is 10.6. The number of hydrogen-bond acceptors (Lipinski definition) is 3. The summed E-state index contributed by atoms with van der Waals surface area (Å²) in [6.07, 6.45) is 0. The fraction of sp³-hybridized carbons (Fsp3) is 0.348. The molecule has 2 N–H and O–H groups in total. The van der Waals surface area contributed by atoms with Crippen molar-refractivity contribution in [2.75, 3.05) is 25.5 Å². The molecular formula is C23H28Cl2N4O3. The highest BCUT2D eigenvalue weighted by atomic mass is 35.5. The van der Waals surface area contributed by atoms with Crippen LogP contribution in [0.4, 0.5) is 10.5 Å². The SMILES string of the molecule is CCN(CC(=O)Nc1c(Cl)cccc1Cl)C(=O)NCc1ccc(C(=O)N(C)C(C)C)cc1. The lowest BCUT2D eigenvalue weighted by atomic mass is 10.1. The Hall–Kier alpha value is -2.77. The van der Waals surface area contributed by atoms with Crippen LogP contribution in [-0.4, -0.2) is 53.8 Å². The van der Waals surface area contributed by atoms with Crippen molar-refractivity contribution in [3.63, 3.8) is 0 Å². The molecule has 172 valence electrons. The first-order valence-electron chi connectivity index (χ1n) is 10.3. The number of halogens is 2. The second-order valence-corrected chi connectivity index (χ2v) is 8.34. The summed E-state index contributed by atoms with van der Waals surface area (Å²) in [5.74, 6) is -0.466. The smallest absolute Gasteiger partial charge is 0.318 e. The number of likely N-dealkylation sites (N-methyl/N-ethyl adjacent to an activating group) is 1. The highest BCUT2D eigenvalue weighted by Gasteiger charge is 2.18. The van der Waals surface area contributed by atoms with Crippen molar-refractivity contribution in [2.45, 2.75) is 33.4 Å². The molecule has 0 aromatic heterocycles. The van der Waals surface area contributed by atoms with Crippen LogP contribution in [0.3, 0.4) is 0 Å². The monoisotopic (exact) mass is 478 g/mol. The van der Waals surface area contributed by atoms with E-state index < -0.39 is 5.91 Å². The zero-order valence-electron chi connectivity index (χ0n) is 18.6. The Kier molecular flexibility index (Phi) is 9.35. The average molecular weight is 479 g/mol. The van der Waals surface area contributed by atoms with Crippen molar-refractivity contribution >= 4 is 46.7 Å². The number of hydrogen-bond donors (Lipinski definition) is 2. The van der Waals surface area contributed by atoms with Crippen LogP contribution in [0.25, 0.3) is 0 Å². The molecule has 7 nitrogen and oxygen atoms in total. The summed E-state index contributed by atoms with van der Waals surface area (Å²) in [5, 5.41) is 6.08. The van der Waals surface area contributed by atoms with Gasteiger partial charge in [-0.25, -0.2) is 4.79 Å². The van der Waals surface area contributed by atoms with Crippen molar-refractivity contribution in [1.82, 2.24) is 15.1 Å². The Morgan fingerprint density at radius 3 is 2.12 bits per heavy atom. The Morgan fingerprint density at radius 1 is 1.00 bits per heavy atom. The standard InChI is InChI=1S/C23H28Cl2N4O3/c1-5-29(14-20(30)27-21-18(24)7-6-8-19(21)25)23(32)26-13-16-9-11-17(12-10-16)22(31)28(4)15(2)3/h6-12,15H,5,13-14H2,1-4H3,(H,26,32)(H,27,30). The maximum Gasteiger partial charge on any atom is 0.318 e. The van der Waals surface area contributed by atoms with Crippen LogP contribution in [0.2, 0.25) is 10.0 Å². The van der Waals surface area contributed by atoms with Crippen LogP contribution >= 0.6 is 23.2 Å². The molecule has 2 rings (SSSR count). The van der Waals surface area contributed by atoms with E-state index in [4.69, 9.17) is 23.2 Å². The first-order chi connectivity index (χ1) is 15.1. The molecule has 0 saturated heterocycles. The van der Waals surface area contributed by atoms with Crippen molar-refractivity contribution < 1.29 is 14.4 Å². The van der Waals surface area contributed by atoms with Gasteiger partial charge in [-0.3, -0.25) is 9.59 Å². The number of para-hydroxylation sites is 1. The highest BCUT2D eigenvalue weighted by molar-refractivity contribution is 6.39. The quantitative estimate of drug-likeness (QED) is 0.579. The summed E-state index contributed by atoms with van der Waals surface area (Å²) in [5.41, 5.74) is 1.74. The molecule has 0 aliphatic carbocycles. The fourth-order valence-corrected chi connectivity index (χ4v) is 3.28. The minimum atomic E-state index is -0.408. The van der Waals surface area contributed by atoms with E-state index in [0.29, 0.717) is 27.8 Å². The van der Waals surface area contributed by atoms with Gasteiger partial charge in [-0.1, -0.05) is 41.4 Å². The third kappa shape index (κ3) is 6.87. The Bertz CT molecular complexity index is 944. The summed E-state index contributed by atoms with van der Waals surface area (Å²) in [7, 11) is 1.76. The first-order valence-corrected chi connectivity index (χ1v) is 11.0. The lowest BCUT2D eigenvalue weighted by Crippen LogP contribution is -2.43. The highest BCUT2D eigenvalue weighted by Crippen LogP contribution is 2.29. The number of amides is 4. The molecule has 0 bridgehead atoms. The molecule has 9 heteroatoms. The lowest BCUT2D eigenvalue weighted by molar-refractivity contribution is -0.116. The predicted octanol–water partition coefficient (Wildman–Crippen LogP) is 4.64. The molecule has 0 aliphatic rings. The van der Waals surface area contributed by atoms with Crippen LogP contribution in [0.5, 0.6) is 0 Å². The van der Waals surface area contributed by atoms with Crippen molar-refractivity contribution in [3.8, 4) is 0 Å². The van der Waals surface area contributed by atoms with Gasteiger partial charge in [0.15, 0.2) is 0 Å². The second kappa shape index (κ2) is 11.7. The third-order valence-electron chi connectivity index (χ3n) is 4.97. The van der Waals surface area contributed by atoms with E-state index >= 15 is 0 Å². The van der Waals surface area contributed by atoms with Gasteiger partial charge < -0.3 is 20.4 Å². The van der Waals surface area contributed by atoms with Crippen LogP contribution < -0.4 is 10.6 Å². The minimum absolute atomic E-state index is 0.0580. The first kappa shape index (κ1) is 25.5. The molecule has 32 heavy (non-hydrogen) atoms. The van der Waals surface area contributed by atoms with Crippen LogP contribution in [0.15, 0.2) is 42.5 Å². The van der Waals surface area contributed by atoms with Gasteiger partial charge in [-0.15, -0.1) is 0 Å². The molecule has 0 spiro atoms. The largest absolute Gasteiger partial charge is 0.339 e. The zero-order valence-corrected chi connectivity index (χ0v) is 20.1. The fourth-order valence-electron chi connectivity index (χ4n) is 2.79. The molecule has 0 heterocycles. The summed E-state index contributed by atoms with van der Waals surface area (Å²) in [4.78, 5) is 40.3. The van der Waals surface area contributed by atoms with Gasteiger partial charge >= 0.3 is 6.03 Å². The van der Waals surface area contributed by atoms with Gasteiger partial charge in [0.05, 0.1) is 15.7 Å². The summed E-state index contributed by atoms with van der Waals surface area (Å²) in [6, 6.07) is 11.7. The average Bonchev–Trinajstić information content (AvgIpc) is 2.77. The molecule has 2 aromatic rings. The maximum absolute atomic E-state index is 12.5. The summed E-state index contributed by atoms with van der Waals surface area (Å²) in [6.45, 7) is 6.13. The van der Waals surface area contributed by atoms with Crippen LogP contribution in [-0.2, 0) is 11.3 Å². The summed E-state index contributed by atoms with van der Waals surface area (Å²) >= 11 is 12.1. The Labute approximate surface area is 198 Å². The van der Waals surface area contributed by atoms with E-state index in [1.165, 1.54) is 4.90 Å². The number of rotatable bonds is 8. The third-order valence-corrected chi connectivity index (χ3v) is 5.60. The second-order valence-electron chi connectivity index (χ2n) is 7.52. The van der Waals surface area contributed by atoms with E-state index in [-0.39, 0.29) is 31.1 Å². The van der Waals surface area contributed by atoms with Gasteiger partial charge in [0, 0.05) is 31.7 Å². The van der Waals surface area contributed by atoms with E-state index in [1.54, 1.807) is 61.3 Å². The molecule has 0 fully saturated rings. The van der Waals surface area contributed by atoms with Gasteiger partial charge in [-0.2, -0.15) is 0 Å². The zero-order chi connectivity index (χ0) is 23.8. The number of carbonyl (C=O) groups excluding carboxylic acids is 3.